The molecule has 0 saturated heterocycles. The summed E-state index contributed by atoms with van der Waals surface area (Å²) in [6, 6.07) is 18.8. The second kappa shape index (κ2) is 7.79. The number of nitrogens with one attached hydrogen (secondary N) is 2. The van der Waals surface area contributed by atoms with E-state index in [4.69, 9.17) is 0 Å². The van der Waals surface area contributed by atoms with Crippen LogP contribution < -0.4 is 10.6 Å². The molecule has 128 valence electrons. The summed E-state index contributed by atoms with van der Waals surface area (Å²) in [5.41, 5.74) is 5.96. The van der Waals surface area contributed by atoms with Crippen LogP contribution in [-0.2, 0) is 13.1 Å². The molecule has 0 aliphatic rings. The van der Waals surface area contributed by atoms with Gasteiger partial charge < -0.3 is 10.6 Å². The molecular weight excluding hydrogens is 308 g/mol. The fraction of sp³-hybridized carbons (Fsp3) is 0.238. The van der Waals surface area contributed by atoms with Crippen molar-refractivity contribution < 1.29 is 0 Å². The van der Waals surface area contributed by atoms with Crippen LogP contribution in [0.5, 0.6) is 0 Å². The van der Waals surface area contributed by atoms with Crippen molar-refractivity contribution in [3.8, 4) is 0 Å². The van der Waals surface area contributed by atoms with Gasteiger partial charge in [-0.05, 0) is 37.5 Å². The summed E-state index contributed by atoms with van der Waals surface area (Å²) in [5.74, 6) is 1.48. The van der Waals surface area contributed by atoms with E-state index in [9.17, 15) is 0 Å². The van der Waals surface area contributed by atoms with Gasteiger partial charge in [-0.1, -0.05) is 54.1 Å². The summed E-state index contributed by atoms with van der Waals surface area (Å²) >= 11 is 0. The summed E-state index contributed by atoms with van der Waals surface area (Å²) in [6.45, 7) is 7.66. The van der Waals surface area contributed by atoms with Crippen LogP contribution in [0.3, 0.4) is 0 Å². The zero-order valence-electron chi connectivity index (χ0n) is 15.0. The van der Waals surface area contributed by atoms with Gasteiger partial charge in [0.05, 0.1) is 0 Å². The van der Waals surface area contributed by atoms with Crippen LogP contribution in [-0.4, -0.2) is 9.97 Å². The Kier molecular flexibility index (Phi) is 5.29. The maximum atomic E-state index is 4.58. The van der Waals surface area contributed by atoms with Crippen molar-refractivity contribution in [2.75, 3.05) is 10.6 Å². The van der Waals surface area contributed by atoms with Crippen molar-refractivity contribution in [1.82, 2.24) is 9.97 Å². The second-order valence-electron chi connectivity index (χ2n) is 6.34. The highest BCUT2D eigenvalue weighted by Gasteiger charge is 2.04. The summed E-state index contributed by atoms with van der Waals surface area (Å²) in [6.07, 6.45) is 0. The molecule has 0 fully saturated rings. The van der Waals surface area contributed by atoms with E-state index in [0.717, 1.165) is 18.1 Å². The first kappa shape index (κ1) is 17.0. The molecule has 4 nitrogen and oxygen atoms in total. The number of hydrogen-bond acceptors (Lipinski definition) is 4. The Labute approximate surface area is 149 Å². The molecule has 2 N–H and O–H groups in total. The lowest BCUT2D eigenvalue weighted by Gasteiger charge is -2.11. The Hall–Kier alpha value is -2.88. The molecule has 0 spiro atoms. The first-order valence-electron chi connectivity index (χ1n) is 8.53. The molecule has 0 atom stereocenters. The van der Waals surface area contributed by atoms with Crippen molar-refractivity contribution in [2.24, 2.45) is 0 Å². The van der Waals surface area contributed by atoms with Crippen LogP contribution >= 0.6 is 0 Å². The smallest absolute Gasteiger partial charge is 0.225 e. The van der Waals surface area contributed by atoms with Crippen LogP contribution in [0.25, 0.3) is 0 Å². The first-order chi connectivity index (χ1) is 12.1. The average molecular weight is 332 g/mol. The molecule has 1 heterocycles. The van der Waals surface area contributed by atoms with Crippen molar-refractivity contribution in [1.29, 1.82) is 0 Å². The van der Waals surface area contributed by atoms with Crippen LogP contribution in [0.4, 0.5) is 11.8 Å². The van der Waals surface area contributed by atoms with Gasteiger partial charge in [0.2, 0.25) is 5.95 Å². The molecule has 2 aromatic carbocycles. The number of benzene rings is 2. The van der Waals surface area contributed by atoms with Crippen molar-refractivity contribution in [3.05, 3.63) is 82.5 Å². The summed E-state index contributed by atoms with van der Waals surface area (Å²) in [7, 11) is 0. The predicted octanol–water partition coefficient (Wildman–Crippen LogP) is 4.63. The van der Waals surface area contributed by atoms with Gasteiger partial charge >= 0.3 is 0 Å². The molecule has 0 aliphatic carbocycles. The second-order valence-corrected chi connectivity index (χ2v) is 6.34. The Bertz CT molecular complexity index is 858. The van der Waals surface area contributed by atoms with E-state index in [1.165, 1.54) is 22.3 Å². The molecular formula is C21H24N4. The minimum absolute atomic E-state index is 0.648. The zero-order valence-corrected chi connectivity index (χ0v) is 15.0. The van der Waals surface area contributed by atoms with Gasteiger partial charge in [0.15, 0.2) is 0 Å². The fourth-order valence-electron chi connectivity index (χ4n) is 2.74. The first-order valence-corrected chi connectivity index (χ1v) is 8.53. The Morgan fingerprint density at radius 1 is 0.800 bits per heavy atom. The SMILES string of the molecule is Cc1cccc(CNc2cc(C)nc(NCc3ccccc3C)n2)c1. The van der Waals surface area contributed by atoms with Gasteiger partial charge in [-0.3, -0.25) is 0 Å². The zero-order chi connectivity index (χ0) is 17.6. The van der Waals surface area contributed by atoms with E-state index in [0.29, 0.717) is 12.5 Å². The highest BCUT2D eigenvalue weighted by molar-refractivity contribution is 5.43. The van der Waals surface area contributed by atoms with Crippen molar-refractivity contribution in [3.63, 3.8) is 0 Å². The van der Waals surface area contributed by atoms with Gasteiger partial charge in [-0.2, -0.15) is 4.98 Å². The molecule has 3 rings (SSSR count). The average Bonchev–Trinajstić information content (AvgIpc) is 2.59. The fourth-order valence-corrected chi connectivity index (χ4v) is 2.74. The lowest BCUT2D eigenvalue weighted by molar-refractivity contribution is 1.01. The molecule has 4 heteroatoms. The number of aryl methyl sites for hydroxylation is 3. The Balaban J connectivity index is 1.67. The van der Waals surface area contributed by atoms with E-state index >= 15 is 0 Å². The third kappa shape index (κ3) is 4.80. The molecule has 1 aromatic heterocycles. The van der Waals surface area contributed by atoms with E-state index in [2.05, 4.69) is 83.0 Å². The van der Waals surface area contributed by atoms with Crippen LogP contribution in [0, 0.1) is 20.8 Å². The predicted molar refractivity (Wildman–Crippen MR) is 104 cm³/mol. The standard InChI is InChI=1S/C21H24N4/c1-15-7-6-9-18(11-15)13-22-20-12-17(3)24-21(25-20)23-14-19-10-5-4-8-16(19)2/h4-12H,13-14H2,1-3H3,(H2,22,23,24,25). The number of aromatic nitrogens is 2. The molecule has 0 aliphatic heterocycles. The van der Waals surface area contributed by atoms with Gasteiger partial charge in [-0.25, -0.2) is 4.98 Å². The lowest BCUT2D eigenvalue weighted by atomic mass is 10.1. The topological polar surface area (TPSA) is 49.8 Å². The number of rotatable bonds is 6. The highest BCUT2D eigenvalue weighted by atomic mass is 15.1. The molecule has 25 heavy (non-hydrogen) atoms. The Morgan fingerprint density at radius 3 is 2.44 bits per heavy atom. The molecule has 0 unspecified atom stereocenters. The number of nitrogens with zero attached hydrogens (tertiary/aromatic N) is 2. The quantitative estimate of drug-likeness (QED) is 0.691. The lowest BCUT2D eigenvalue weighted by Crippen LogP contribution is -2.08. The third-order valence-electron chi connectivity index (χ3n) is 4.11. The van der Waals surface area contributed by atoms with Gasteiger partial charge in [0.25, 0.3) is 0 Å². The summed E-state index contributed by atoms with van der Waals surface area (Å²) < 4.78 is 0. The van der Waals surface area contributed by atoms with Gasteiger partial charge in [0.1, 0.15) is 5.82 Å². The molecule has 0 radical (unpaired) electrons. The minimum Gasteiger partial charge on any atom is -0.366 e. The van der Waals surface area contributed by atoms with E-state index in [-0.39, 0.29) is 0 Å². The van der Waals surface area contributed by atoms with Crippen molar-refractivity contribution in [2.45, 2.75) is 33.9 Å². The Morgan fingerprint density at radius 2 is 1.64 bits per heavy atom. The minimum atomic E-state index is 0.648. The van der Waals surface area contributed by atoms with Gasteiger partial charge in [0, 0.05) is 24.8 Å². The van der Waals surface area contributed by atoms with Crippen LogP contribution in [0.15, 0.2) is 54.6 Å². The van der Waals surface area contributed by atoms with E-state index < -0.39 is 0 Å². The summed E-state index contributed by atoms with van der Waals surface area (Å²) in [4.78, 5) is 9.07. The van der Waals surface area contributed by atoms with E-state index in [1.807, 2.05) is 13.0 Å². The van der Waals surface area contributed by atoms with E-state index in [1.54, 1.807) is 0 Å². The molecule has 0 saturated carbocycles. The highest BCUT2D eigenvalue weighted by Crippen LogP contribution is 2.14. The van der Waals surface area contributed by atoms with Gasteiger partial charge in [-0.15, -0.1) is 0 Å². The monoisotopic (exact) mass is 332 g/mol. The number of hydrogen-bond donors (Lipinski definition) is 2. The summed E-state index contributed by atoms with van der Waals surface area (Å²) in [5, 5.41) is 6.72. The molecule has 0 amide bonds. The molecule has 3 aromatic rings. The molecule has 0 bridgehead atoms. The normalized spacial score (nSPS) is 10.5. The van der Waals surface area contributed by atoms with Crippen LogP contribution in [0.2, 0.25) is 0 Å². The third-order valence-corrected chi connectivity index (χ3v) is 4.11. The maximum absolute atomic E-state index is 4.58. The number of anilines is 2. The van der Waals surface area contributed by atoms with Crippen LogP contribution in [0.1, 0.15) is 27.9 Å². The maximum Gasteiger partial charge on any atom is 0.225 e. The van der Waals surface area contributed by atoms with Crippen molar-refractivity contribution >= 4 is 11.8 Å². The largest absolute Gasteiger partial charge is 0.366 e.